The van der Waals surface area contributed by atoms with Crippen LogP contribution in [0.5, 0.6) is 0 Å². The molecule has 0 bridgehead atoms. The molecule has 0 N–H and O–H groups in total. The van der Waals surface area contributed by atoms with Crippen LogP contribution >= 0.6 is 0 Å². The Morgan fingerprint density at radius 1 is 0.880 bits per heavy atom. The summed E-state index contributed by atoms with van der Waals surface area (Å²) in [6, 6.07) is 0.215. The number of nitrogens with zero attached hydrogens (tertiary/aromatic N) is 7. The van der Waals surface area contributed by atoms with Crippen molar-refractivity contribution in [3.8, 4) is 0 Å². The molecule has 25 heavy (non-hydrogen) atoms. The number of hydrogen-bond donors (Lipinski definition) is 0. The molecule has 4 heterocycles. The van der Waals surface area contributed by atoms with Crippen LogP contribution in [-0.2, 0) is 25.8 Å². The fourth-order valence-corrected chi connectivity index (χ4v) is 4.07. The molecule has 0 amide bonds. The maximum Gasteiger partial charge on any atom is 0.246 e. The minimum absolute atomic E-state index is 0.215. The van der Waals surface area contributed by atoms with Crippen LogP contribution in [-0.4, -0.2) is 36.5 Å². The topological polar surface area (TPSA) is 72.6 Å². The van der Waals surface area contributed by atoms with Crippen molar-refractivity contribution in [2.24, 2.45) is 0 Å². The van der Waals surface area contributed by atoms with Gasteiger partial charge in [0.15, 0.2) is 5.82 Å². The second-order valence-corrected chi connectivity index (χ2v) is 7.00. The van der Waals surface area contributed by atoms with Gasteiger partial charge in [-0.1, -0.05) is 13.8 Å². The third-order valence-electron chi connectivity index (χ3n) is 5.44. The molecule has 0 aromatic carbocycles. The number of piperidine rings is 1. The van der Waals surface area contributed by atoms with Gasteiger partial charge in [0.2, 0.25) is 5.95 Å². The van der Waals surface area contributed by atoms with Crippen LogP contribution in [0.2, 0.25) is 0 Å². The molecule has 2 aliphatic rings. The standard InChI is InChI=1S/C18H27N7/c1-3-13-14(4-2)20-23-18(19-13)24-11-7-5-9-15(24)17-22-21-16-10-6-8-12-25(16)17/h15H,3-12H2,1-2H3. The molecule has 0 spiro atoms. The SMILES string of the molecule is CCc1nnc(N2CCCCC2c2nnc3n2CCCC3)nc1CC. The Kier molecular flexibility index (Phi) is 4.63. The molecule has 2 aromatic rings. The molecule has 0 aliphatic carbocycles. The normalized spacial score (nSPS) is 20.6. The largest absolute Gasteiger partial charge is 0.329 e. The van der Waals surface area contributed by atoms with E-state index in [0.717, 1.165) is 74.2 Å². The third kappa shape index (κ3) is 3.00. The van der Waals surface area contributed by atoms with E-state index in [1.807, 2.05) is 0 Å². The Morgan fingerprint density at radius 2 is 1.72 bits per heavy atom. The average Bonchev–Trinajstić information content (AvgIpc) is 3.11. The molecule has 2 aliphatic heterocycles. The molecular formula is C18H27N7. The van der Waals surface area contributed by atoms with Gasteiger partial charge in [0, 0.05) is 19.5 Å². The molecule has 7 heteroatoms. The molecule has 4 rings (SSSR count). The van der Waals surface area contributed by atoms with Crippen molar-refractivity contribution in [3.05, 3.63) is 23.0 Å². The highest BCUT2D eigenvalue weighted by Gasteiger charge is 2.32. The minimum atomic E-state index is 0.215. The second kappa shape index (κ2) is 7.06. The summed E-state index contributed by atoms with van der Waals surface area (Å²) in [5.74, 6) is 2.99. The van der Waals surface area contributed by atoms with E-state index >= 15 is 0 Å². The number of aromatic nitrogens is 6. The predicted molar refractivity (Wildman–Crippen MR) is 95.5 cm³/mol. The predicted octanol–water partition coefficient (Wildman–Crippen LogP) is 2.66. The van der Waals surface area contributed by atoms with E-state index in [-0.39, 0.29) is 6.04 Å². The van der Waals surface area contributed by atoms with Gasteiger partial charge in [-0.15, -0.1) is 15.3 Å². The molecule has 0 saturated carbocycles. The molecule has 1 unspecified atom stereocenters. The lowest BCUT2D eigenvalue weighted by molar-refractivity contribution is 0.416. The van der Waals surface area contributed by atoms with Crippen molar-refractivity contribution < 1.29 is 0 Å². The van der Waals surface area contributed by atoms with E-state index in [0.29, 0.717) is 0 Å². The van der Waals surface area contributed by atoms with Crippen LogP contribution in [0.4, 0.5) is 5.95 Å². The number of anilines is 1. The Balaban J connectivity index is 1.69. The summed E-state index contributed by atoms with van der Waals surface area (Å²) >= 11 is 0. The van der Waals surface area contributed by atoms with Gasteiger partial charge < -0.3 is 9.47 Å². The lowest BCUT2D eigenvalue weighted by Gasteiger charge is -2.35. The van der Waals surface area contributed by atoms with Gasteiger partial charge in [0.25, 0.3) is 0 Å². The first kappa shape index (κ1) is 16.4. The third-order valence-corrected chi connectivity index (χ3v) is 5.44. The summed E-state index contributed by atoms with van der Waals surface area (Å²) in [5, 5.41) is 17.9. The fourth-order valence-electron chi connectivity index (χ4n) is 4.07. The smallest absolute Gasteiger partial charge is 0.246 e. The van der Waals surface area contributed by atoms with Crippen molar-refractivity contribution >= 4 is 5.95 Å². The highest BCUT2D eigenvalue weighted by Crippen LogP contribution is 2.33. The lowest BCUT2D eigenvalue weighted by atomic mass is 10.0. The highest BCUT2D eigenvalue weighted by atomic mass is 15.4. The van der Waals surface area contributed by atoms with Crippen LogP contribution in [0.25, 0.3) is 0 Å². The van der Waals surface area contributed by atoms with Crippen molar-refractivity contribution in [3.63, 3.8) is 0 Å². The lowest BCUT2D eigenvalue weighted by Crippen LogP contribution is -2.37. The van der Waals surface area contributed by atoms with Crippen LogP contribution in [0.1, 0.15) is 75.0 Å². The van der Waals surface area contributed by atoms with Gasteiger partial charge in [-0.05, 0) is 44.9 Å². The first-order chi connectivity index (χ1) is 12.3. The molecule has 2 aromatic heterocycles. The first-order valence-electron chi connectivity index (χ1n) is 9.72. The van der Waals surface area contributed by atoms with Gasteiger partial charge >= 0.3 is 0 Å². The van der Waals surface area contributed by atoms with Crippen molar-refractivity contribution in [1.29, 1.82) is 0 Å². The van der Waals surface area contributed by atoms with E-state index in [2.05, 4.69) is 43.7 Å². The zero-order valence-corrected chi connectivity index (χ0v) is 15.3. The molecule has 1 fully saturated rings. The van der Waals surface area contributed by atoms with E-state index < -0.39 is 0 Å². The Hall–Kier alpha value is -2.05. The van der Waals surface area contributed by atoms with Crippen molar-refractivity contribution in [2.45, 2.75) is 77.8 Å². The Bertz CT molecular complexity index is 739. The molecule has 1 atom stereocenters. The van der Waals surface area contributed by atoms with Gasteiger partial charge in [-0.3, -0.25) is 0 Å². The van der Waals surface area contributed by atoms with Crippen LogP contribution in [0, 0.1) is 0 Å². The number of hydrogen-bond acceptors (Lipinski definition) is 6. The molecule has 134 valence electrons. The molecule has 0 radical (unpaired) electrons. The Labute approximate surface area is 148 Å². The van der Waals surface area contributed by atoms with E-state index in [1.165, 1.54) is 19.3 Å². The van der Waals surface area contributed by atoms with Crippen LogP contribution in [0.3, 0.4) is 0 Å². The zero-order valence-electron chi connectivity index (χ0n) is 15.3. The van der Waals surface area contributed by atoms with Crippen molar-refractivity contribution in [2.75, 3.05) is 11.4 Å². The first-order valence-corrected chi connectivity index (χ1v) is 9.72. The highest BCUT2D eigenvalue weighted by molar-refractivity contribution is 5.35. The second-order valence-electron chi connectivity index (χ2n) is 7.00. The summed E-state index contributed by atoms with van der Waals surface area (Å²) in [5.41, 5.74) is 2.08. The summed E-state index contributed by atoms with van der Waals surface area (Å²) in [6.45, 7) is 6.24. The quantitative estimate of drug-likeness (QED) is 0.851. The van der Waals surface area contributed by atoms with Crippen molar-refractivity contribution in [1.82, 2.24) is 29.9 Å². The zero-order chi connectivity index (χ0) is 17.2. The van der Waals surface area contributed by atoms with Crippen LogP contribution in [0.15, 0.2) is 0 Å². The number of rotatable bonds is 4. The molecule has 7 nitrogen and oxygen atoms in total. The van der Waals surface area contributed by atoms with Gasteiger partial charge in [-0.2, -0.15) is 5.10 Å². The maximum atomic E-state index is 4.85. The van der Waals surface area contributed by atoms with Gasteiger partial charge in [-0.25, -0.2) is 4.98 Å². The number of aryl methyl sites for hydroxylation is 3. The van der Waals surface area contributed by atoms with E-state index in [1.54, 1.807) is 0 Å². The Morgan fingerprint density at radius 3 is 2.56 bits per heavy atom. The summed E-state index contributed by atoms with van der Waals surface area (Å²) < 4.78 is 2.33. The monoisotopic (exact) mass is 341 g/mol. The fraction of sp³-hybridized carbons (Fsp3) is 0.722. The molecular weight excluding hydrogens is 314 g/mol. The van der Waals surface area contributed by atoms with Crippen LogP contribution < -0.4 is 4.90 Å². The van der Waals surface area contributed by atoms with Gasteiger partial charge in [0.05, 0.1) is 17.4 Å². The molecule has 1 saturated heterocycles. The van der Waals surface area contributed by atoms with E-state index in [9.17, 15) is 0 Å². The average molecular weight is 341 g/mol. The van der Waals surface area contributed by atoms with E-state index in [4.69, 9.17) is 4.98 Å². The summed E-state index contributed by atoms with van der Waals surface area (Å²) in [6.07, 6.45) is 8.71. The summed E-state index contributed by atoms with van der Waals surface area (Å²) in [4.78, 5) is 7.16. The maximum absolute atomic E-state index is 4.85. The summed E-state index contributed by atoms with van der Waals surface area (Å²) in [7, 11) is 0. The van der Waals surface area contributed by atoms with Gasteiger partial charge in [0.1, 0.15) is 5.82 Å². The number of fused-ring (bicyclic) bond motifs is 1. The minimum Gasteiger partial charge on any atom is -0.329 e.